The molecule has 2 aliphatic rings. The van der Waals surface area contributed by atoms with E-state index in [-0.39, 0.29) is 22.0 Å². The number of anilines is 3. The highest BCUT2D eigenvalue weighted by molar-refractivity contribution is 8.00. The standard InChI is InChI=1S/C33H48N6O5S2/c1-23(22-45-28-11-7-6-8-12-28)21-44-37-26-10-9-13-29(18-26)46(42,43)38-25-16-14-24(15-17-25)35-36-31(41)30(40)34-27-19-32(2,3)39-33(4,5)20-27/h9-10,13-18,21,27-28,35,37-39H,6-8,11-12,19-20,22H2,1-5H3,(H,34,40)(H,36,41)/b23-21-. The number of piperidine rings is 1. The Kier molecular flexibility index (Phi) is 11.9. The quantitative estimate of drug-likeness (QED) is 0.0953. The molecule has 0 aromatic heterocycles. The van der Waals surface area contributed by atoms with E-state index < -0.39 is 21.8 Å². The van der Waals surface area contributed by atoms with Gasteiger partial charge in [-0.3, -0.25) is 25.2 Å². The highest BCUT2D eigenvalue weighted by atomic mass is 32.2. The number of hydrogen-bond donors (Lipinski definition) is 6. The smallest absolute Gasteiger partial charge is 0.327 e. The van der Waals surface area contributed by atoms with Gasteiger partial charge in [0, 0.05) is 33.8 Å². The van der Waals surface area contributed by atoms with E-state index in [0.29, 0.717) is 29.9 Å². The average molecular weight is 673 g/mol. The van der Waals surface area contributed by atoms with Crippen LogP contribution in [0.4, 0.5) is 17.1 Å². The molecule has 2 aromatic rings. The Morgan fingerprint density at radius 2 is 1.59 bits per heavy atom. The maximum Gasteiger partial charge on any atom is 0.327 e. The molecule has 252 valence electrons. The van der Waals surface area contributed by atoms with Crippen LogP contribution < -0.4 is 31.7 Å². The van der Waals surface area contributed by atoms with Crippen molar-refractivity contribution in [1.82, 2.24) is 16.1 Å². The van der Waals surface area contributed by atoms with Crippen LogP contribution in [0.25, 0.3) is 0 Å². The van der Waals surface area contributed by atoms with Gasteiger partial charge < -0.3 is 15.5 Å². The van der Waals surface area contributed by atoms with Crippen LogP contribution in [0.5, 0.6) is 0 Å². The van der Waals surface area contributed by atoms with E-state index in [9.17, 15) is 18.0 Å². The second kappa shape index (κ2) is 15.4. The Bertz CT molecular complexity index is 1470. The molecule has 2 fully saturated rings. The van der Waals surface area contributed by atoms with Crippen molar-refractivity contribution in [2.45, 2.75) is 107 Å². The minimum Gasteiger partial charge on any atom is -0.390 e. The van der Waals surface area contributed by atoms with E-state index in [1.165, 1.54) is 44.2 Å². The molecule has 1 aliphatic carbocycles. The first kappa shape index (κ1) is 35.4. The van der Waals surface area contributed by atoms with Gasteiger partial charge in [-0.05, 0) is 108 Å². The maximum atomic E-state index is 13.1. The molecule has 2 aromatic carbocycles. The third-order valence-corrected chi connectivity index (χ3v) is 10.8. The molecular formula is C33H48N6O5S2. The molecule has 2 amide bonds. The molecule has 0 bridgehead atoms. The summed E-state index contributed by atoms with van der Waals surface area (Å²) in [5.41, 5.74) is 9.95. The molecule has 1 saturated carbocycles. The van der Waals surface area contributed by atoms with Crippen molar-refractivity contribution >= 4 is 50.7 Å². The van der Waals surface area contributed by atoms with Crippen molar-refractivity contribution in [3.8, 4) is 0 Å². The Balaban J connectivity index is 1.23. The third-order valence-electron chi connectivity index (χ3n) is 7.87. The maximum absolute atomic E-state index is 13.1. The third kappa shape index (κ3) is 11.1. The zero-order valence-electron chi connectivity index (χ0n) is 27.4. The molecule has 0 unspecified atom stereocenters. The van der Waals surface area contributed by atoms with Crippen molar-refractivity contribution in [3.63, 3.8) is 0 Å². The summed E-state index contributed by atoms with van der Waals surface area (Å²) < 4.78 is 28.7. The fourth-order valence-electron chi connectivity index (χ4n) is 6.14. The molecule has 4 rings (SSSR count). The lowest BCUT2D eigenvalue weighted by Crippen LogP contribution is -2.63. The van der Waals surface area contributed by atoms with Crippen molar-refractivity contribution < 1.29 is 22.8 Å². The number of hydrazine groups is 1. The van der Waals surface area contributed by atoms with E-state index in [1.807, 2.05) is 18.7 Å². The molecule has 6 N–H and O–H groups in total. The fraction of sp³-hybridized carbons (Fsp3) is 0.515. The van der Waals surface area contributed by atoms with Crippen molar-refractivity contribution in [2.24, 2.45) is 0 Å². The van der Waals surface area contributed by atoms with Crippen LogP contribution in [0.3, 0.4) is 0 Å². The molecule has 0 radical (unpaired) electrons. The van der Waals surface area contributed by atoms with Crippen molar-refractivity contribution in [3.05, 3.63) is 60.4 Å². The first-order valence-corrected chi connectivity index (χ1v) is 18.3. The van der Waals surface area contributed by atoms with Gasteiger partial charge in [0.15, 0.2) is 0 Å². The summed E-state index contributed by atoms with van der Waals surface area (Å²) in [6.07, 6.45) is 9.59. The van der Waals surface area contributed by atoms with Gasteiger partial charge in [-0.25, -0.2) is 13.9 Å². The summed E-state index contributed by atoms with van der Waals surface area (Å²) in [5, 5.41) is 7.09. The molecule has 46 heavy (non-hydrogen) atoms. The Morgan fingerprint density at radius 3 is 2.26 bits per heavy atom. The Labute approximate surface area is 277 Å². The fourth-order valence-corrected chi connectivity index (χ4v) is 8.47. The molecule has 1 aliphatic heterocycles. The number of hydrogen-bond acceptors (Lipinski definition) is 9. The summed E-state index contributed by atoms with van der Waals surface area (Å²) >= 11 is 1.97. The van der Waals surface area contributed by atoms with E-state index >= 15 is 0 Å². The lowest BCUT2D eigenvalue weighted by atomic mass is 9.79. The first-order chi connectivity index (χ1) is 21.7. The molecular weight excluding hydrogens is 625 g/mol. The molecule has 0 atom stereocenters. The normalized spacial score (nSPS) is 18.7. The average Bonchev–Trinajstić information content (AvgIpc) is 2.98. The zero-order valence-corrected chi connectivity index (χ0v) is 29.0. The van der Waals surface area contributed by atoms with Crippen molar-refractivity contribution in [2.75, 3.05) is 21.4 Å². The summed E-state index contributed by atoms with van der Waals surface area (Å²) in [6.45, 7) is 10.3. The van der Waals surface area contributed by atoms with E-state index in [0.717, 1.165) is 16.6 Å². The summed E-state index contributed by atoms with van der Waals surface area (Å²) in [4.78, 5) is 30.5. The second-order valence-electron chi connectivity index (χ2n) is 13.5. The van der Waals surface area contributed by atoms with Gasteiger partial charge in [0.05, 0.1) is 16.3 Å². The SMILES string of the molecule is C/C(=C/ONc1cccc(S(=O)(=O)Nc2ccc(NNC(=O)C(=O)NC3CC(C)(C)NC(C)(C)C3)cc2)c1)CSC1CCCCC1. The lowest BCUT2D eigenvalue weighted by Gasteiger charge is -2.46. The van der Waals surface area contributed by atoms with Crippen LogP contribution in [0.2, 0.25) is 0 Å². The number of thioether (sulfide) groups is 1. The monoisotopic (exact) mass is 672 g/mol. The highest BCUT2D eigenvalue weighted by Gasteiger charge is 2.38. The summed E-state index contributed by atoms with van der Waals surface area (Å²) in [5.74, 6) is -0.645. The molecule has 11 nitrogen and oxygen atoms in total. The van der Waals surface area contributed by atoms with E-state index in [4.69, 9.17) is 4.84 Å². The van der Waals surface area contributed by atoms with Gasteiger partial charge in [0.1, 0.15) is 6.26 Å². The van der Waals surface area contributed by atoms with E-state index in [1.54, 1.807) is 42.7 Å². The predicted molar refractivity (Wildman–Crippen MR) is 186 cm³/mol. The number of rotatable bonds is 12. The summed E-state index contributed by atoms with van der Waals surface area (Å²) in [6, 6.07) is 12.5. The van der Waals surface area contributed by atoms with Gasteiger partial charge in [-0.2, -0.15) is 11.8 Å². The Hall–Kier alpha value is -3.42. The second-order valence-corrected chi connectivity index (χ2v) is 16.5. The van der Waals surface area contributed by atoms with Crippen LogP contribution in [-0.4, -0.2) is 48.4 Å². The molecule has 0 spiro atoms. The number of sulfonamides is 1. The minimum absolute atomic E-state index is 0.0654. The minimum atomic E-state index is -3.89. The number of benzene rings is 2. The van der Waals surface area contributed by atoms with E-state index in [2.05, 4.69) is 59.4 Å². The zero-order chi connectivity index (χ0) is 33.4. The van der Waals surface area contributed by atoms with Gasteiger partial charge in [0.2, 0.25) is 0 Å². The summed E-state index contributed by atoms with van der Waals surface area (Å²) in [7, 11) is -3.89. The van der Waals surface area contributed by atoms with Gasteiger partial charge >= 0.3 is 11.8 Å². The van der Waals surface area contributed by atoms with Gasteiger partial charge in [0.25, 0.3) is 10.0 Å². The van der Waals surface area contributed by atoms with Crippen LogP contribution in [0, 0.1) is 0 Å². The lowest BCUT2D eigenvalue weighted by molar-refractivity contribution is -0.139. The highest BCUT2D eigenvalue weighted by Crippen LogP contribution is 2.30. The largest absolute Gasteiger partial charge is 0.390 e. The van der Waals surface area contributed by atoms with Gasteiger partial charge in [-0.15, -0.1) is 0 Å². The number of nitrogens with one attached hydrogen (secondary N) is 6. The molecule has 1 saturated heterocycles. The van der Waals surface area contributed by atoms with Crippen LogP contribution in [0.15, 0.2) is 65.3 Å². The number of amides is 2. The predicted octanol–water partition coefficient (Wildman–Crippen LogP) is 5.67. The molecule has 1 heterocycles. The number of carbonyl (C=O) groups excluding carboxylic acids is 2. The Morgan fingerprint density at radius 1 is 0.935 bits per heavy atom. The first-order valence-electron chi connectivity index (χ1n) is 15.8. The van der Waals surface area contributed by atoms with Gasteiger partial charge in [-0.1, -0.05) is 25.3 Å². The van der Waals surface area contributed by atoms with Crippen molar-refractivity contribution in [1.29, 1.82) is 0 Å². The molecule has 13 heteroatoms. The number of carbonyl (C=O) groups is 2. The van der Waals surface area contributed by atoms with Crippen LogP contribution >= 0.6 is 11.8 Å². The van der Waals surface area contributed by atoms with Crippen LogP contribution in [-0.2, 0) is 24.4 Å². The topological polar surface area (TPSA) is 150 Å². The van der Waals surface area contributed by atoms with Crippen LogP contribution in [0.1, 0.15) is 79.6 Å².